The number of likely N-dealkylation sites (N-methyl/N-ethyl adjacent to an activating group) is 2. The molecule has 1 aromatic carbocycles. The van der Waals surface area contributed by atoms with Crippen molar-refractivity contribution in [3.63, 3.8) is 0 Å². The number of hydrogen-bond acceptors (Lipinski definition) is 6. The SMILES string of the molecule is CN(C(=O)/C=C/c1ccoc1)C1CC2Oc3c(O)ccc4c3[C@@]23CCN(C)[C@H](C4)[C@]3(O)C1. The van der Waals surface area contributed by atoms with Gasteiger partial charge in [-0.05, 0) is 56.6 Å². The van der Waals surface area contributed by atoms with Gasteiger partial charge in [-0.1, -0.05) is 6.07 Å². The standard InChI is InChI=1S/C25H28N2O5/c1-26-9-8-24-20-12-17(27(2)21(29)6-3-15-7-10-31-14-15)13-25(24,30)19(26)11-16-4-5-18(28)23(32-20)22(16)24/h3-7,10,14,17,19-20,28,30H,8-9,11-13H2,1-2H3/b6-3+/t17?,19-,20?,24-,25-/m1/s1. The number of phenols is 1. The maximum atomic E-state index is 13.0. The molecule has 2 aliphatic heterocycles. The van der Waals surface area contributed by atoms with E-state index in [1.165, 1.54) is 0 Å². The molecule has 1 saturated carbocycles. The highest BCUT2D eigenvalue weighted by atomic mass is 16.5. The van der Waals surface area contributed by atoms with E-state index in [9.17, 15) is 15.0 Å². The Hall–Kier alpha value is -2.77. The van der Waals surface area contributed by atoms with Crippen LogP contribution < -0.4 is 4.74 Å². The van der Waals surface area contributed by atoms with Gasteiger partial charge in [0, 0.05) is 42.8 Å². The van der Waals surface area contributed by atoms with Gasteiger partial charge in [0.15, 0.2) is 11.5 Å². The summed E-state index contributed by atoms with van der Waals surface area (Å²) in [4.78, 5) is 16.9. The molecule has 6 rings (SSSR count). The Bertz CT molecular complexity index is 1110. The van der Waals surface area contributed by atoms with Crippen molar-refractivity contribution in [3.05, 3.63) is 53.5 Å². The molecule has 0 radical (unpaired) electrons. The molecule has 32 heavy (non-hydrogen) atoms. The molecule has 4 aliphatic rings. The lowest BCUT2D eigenvalue weighted by Crippen LogP contribution is -2.77. The maximum Gasteiger partial charge on any atom is 0.246 e. The summed E-state index contributed by atoms with van der Waals surface area (Å²) in [5.74, 6) is 0.545. The Balaban J connectivity index is 1.38. The molecule has 168 valence electrons. The molecule has 1 aromatic heterocycles. The summed E-state index contributed by atoms with van der Waals surface area (Å²) in [5, 5.41) is 23.0. The summed E-state index contributed by atoms with van der Waals surface area (Å²) in [6.07, 6.45) is 8.74. The summed E-state index contributed by atoms with van der Waals surface area (Å²) < 4.78 is 11.5. The highest BCUT2D eigenvalue weighted by molar-refractivity contribution is 5.91. The molecule has 1 spiro atoms. The Morgan fingerprint density at radius 2 is 2.19 bits per heavy atom. The Morgan fingerprint density at radius 3 is 2.97 bits per heavy atom. The molecular formula is C25H28N2O5. The van der Waals surface area contributed by atoms with Crippen LogP contribution in [0.25, 0.3) is 6.08 Å². The molecule has 2 fully saturated rings. The maximum absolute atomic E-state index is 13.0. The molecule has 2 aromatic rings. The van der Waals surface area contributed by atoms with Gasteiger partial charge >= 0.3 is 0 Å². The van der Waals surface area contributed by atoms with Crippen LogP contribution in [0.4, 0.5) is 0 Å². The van der Waals surface area contributed by atoms with Crippen LogP contribution in [-0.4, -0.2) is 70.3 Å². The van der Waals surface area contributed by atoms with Crippen LogP contribution in [0.1, 0.15) is 36.0 Å². The molecule has 2 unspecified atom stereocenters. The Labute approximate surface area is 186 Å². The summed E-state index contributed by atoms with van der Waals surface area (Å²) in [5.41, 5.74) is 1.41. The van der Waals surface area contributed by atoms with E-state index in [-0.39, 0.29) is 29.8 Å². The fourth-order valence-electron chi connectivity index (χ4n) is 6.88. The lowest BCUT2D eigenvalue weighted by molar-refractivity contribution is -0.194. The zero-order valence-electron chi connectivity index (χ0n) is 18.3. The number of piperidine rings is 1. The monoisotopic (exact) mass is 436 g/mol. The highest BCUT2D eigenvalue weighted by Crippen LogP contribution is 2.65. The summed E-state index contributed by atoms with van der Waals surface area (Å²) in [6.45, 7) is 0.869. The molecule has 2 aliphatic carbocycles. The lowest BCUT2D eigenvalue weighted by atomic mass is 9.48. The average Bonchev–Trinajstić information content (AvgIpc) is 3.40. The zero-order chi connectivity index (χ0) is 22.3. The van der Waals surface area contributed by atoms with Gasteiger partial charge in [0.2, 0.25) is 5.91 Å². The predicted molar refractivity (Wildman–Crippen MR) is 117 cm³/mol. The van der Waals surface area contributed by atoms with Crippen LogP contribution in [-0.2, 0) is 16.6 Å². The van der Waals surface area contributed by atoms with Crippen LogP contribution in [0.2, 0.25) is 0 Å². The lowest BCUT2D eigenvalue weighted by Gasteiger charge is -2.64. The topological polar surface area (TPSA) is 86.4 Å². The van der Waals surface area contributed by atoms with E-state index < -0.39 is 11.0 Å². The Morgan fingerprint density at radius 1 is 1.34 bits per heavy atom. The van der Waals surface area contributed by atoms with E-state index in [4.69, 9.17) is 9.15 Å². The average molecular weight is 437 g/mol. The van der Waals surface area contributed by atoms with Gasteiger partial charge in [-0.25, -0.2) is 0 Å². The first kappa shape index (κ1) is 19.9. The number of amides is 1. The second kappa shape index (κ2) is 6.62. The number of nitrogens with zero attached hydrogens (tertiary/aromatic N) is 2. The summed E-state index contributed by atoms with van der Waals surface area (Å²) in [6, 6.07) is 5.25. The molecule has 1 amide bonds. The molecule has 2 bridgehead atoms. The van der Waals surface area contributed by atoms with Gasteiger partial charge in [-0.3, -0.25) is 4.79 Å². The molecular weight excluding hydrogens is 408 g/mol. The number of carbonyl (C=O) groups excluding carboxylic acids is 1. The van der Waals surface area contributed by atoms with Gasteiger partial charge in [0.25, 0.3) is 0 Å². The number of likely N-dealkylation sites (tertiary alicyclic amines) is 1. The number of hydrogen-bond donors (Lipinski definition) is 2. The van der Waals surface area contributed by atoms with E-state index in [2.05, 4.69) is 11.9 Å². The van der Waals surface area contributed by atoms with E-state index in [1.54, 1.807) is 48.8 Å². The zero-order valence-corrected chi connectivity index (χ0v) is 18.3. The van der Waals surface area contributed by atoms with Gasteiger partial charge in [-0.2, -0.15) is 0 Å². The van der Waals surface area contributed by atoms with Crippen LogP contribution >= 0.6 is 0 Å². The third-order valence-corrected chi connectivity index (χ3v) is 8.50. The number of aromatic hydroxyl groups is 1. The molecule has 7 nitrogen and oxygen atoms in total. The number of furan rings is 1. The minimum absolute atomic E-state index is 0.0573. The first-order valence-corrected chi connectivity index (χ1v) is 11.3. The van der Waals surface area contributed by atoms with Gasteiger partial charge in [0.1, 0.15) is 6.10 Å². The van der Waals surface area contributed by atoms with Crippen molar-refractivity contribution in [2.45, 2.75) is 54.9 Å². The molecule has 3 heterocycles. The molecule has 5 atom stereocenters. The highest BCUT2D eigenvalue weighted by Gasteiger charge is 2.72. The van der Waals surface area contributed by atoms with Crippen LogP contribution in [0, 0.1) is 0 Å². The number of ether oxygens (including phenoxy) is 1. The third-order valence-electron chi connectivity index (χ3n) is 8.50. The molecule has 2 N–H and O–H groups in total. The second-order valence-electron chi connectivity index (χ2n) is 9.83. The Kier molecular flexibility index (Phi) is 4.11. The van der Waals surface area contributed by atoms with Crippen molar-refractivity contribution < 1.29 is 24.2 Å². The molecule has 1 saturated heterocycles. The van der Waals surface area contributed by atoms with Crippen molar-refractivity contribution in [2.75, 3.05) is 20.6 Å². The number of carbonyl (C=O) groups is 1. The van der Waals surface area contributed by atoms with Crippen molar-refractivity contribution in [1.82, 2.24) is 9.80 Å². The minimum Gasteiger partial charge on any atom is -0.504 e. The summed E-state index contributed by atoms with van der Waals surface area (Å²) >= 11 is 0. The minimum atomic E-state index is -1.04. The quantitative estimate of drug-likeness (QED) is 0.719. The van der Waals surface area contributed by atoms with Gasteiger partial charge < -0.3 is 29.2 Å². The molecule has 7 heteroatoms. The first-order chi connectivity index (χ1) is 15.3. The van der Waals surface area contributed by atoms with Crippen molar-refractivity contribution in [2.24, 2.45) is 0 Å². The van der Waals surface area contributed by atoms with Gasteiger partial charge in [0.05, 0.1) is 23.5 Å². The smallest absolute Gasteiger partial charge is 0.246 e. The van der Waals surface area contributed by atoms with Crippen molar-refractivity contribution in [1.29, 1.82) is 0 Å². The van der Waals surface area contributed by atoms with Crippen LogP contribution in [0.3, 0.4) is 0 Å². The van der Waals surface area contributed by atoms with Crippen molar-refractivity contribution in [3.8, 4) is 11.5 Å². The predicted octanol–water partition coefficient (Wildman–Crippen LogP) is 2.31. The van der Waals surface area contributed by atoms with E-state index in [0.717, 1.165) is 29.7 Å². The van der Waals surface area contributed by atoms with Crippen LogP contribution in [0.15, 0.2) is 41.2 Å². The second-order valence-corrected chi connectivity index (χ2v) is 9.83. The van der Waals surface area contributed by atoms with E-state index in [0.29, 0.717) is 25.0 Å². The largest absolute Gasteiger partial charge is 0.504 e. The number of rotatable bonds is 3. The van der Waals surface area contributed by atoms with Crippen molar-refractivity contribution >= 4 is 12.0 Å². The normalized spacial score (nSPS) is 34.9. The first-order valence-electron chi connectivity index (χ1n) is 11.3. The van der Waals surface area contributed by atoms with Crippen LogP contribution in [0.5, 0.6) is 11.5 Å². The third kappa shape index (κ3) is 2.41. The van der Waals surface area contributed by atoms with Gasteiger partial charge in [-0.15, -0.1) is 0 Å². The fourth-order valence-corrected chi connectivity index (χ4v) is 6.88. The summed E-state index contributed by atoms with van der Waals surface area (Å²) in [7, 11) is 3.86. The fraction of sp³-hybridized carbons (Fsp3) is 0.480. The number of benzene rings is 1. The number of phenolic OH excluding ortho intramolecular Hbond substituents is 1. The number of aliphatic hydroxyl groups is 1. The van der Waals surface area contributed by atoms with E-state index in [1.807, 2.05) is 6.07 Å². The van der Waals surface area contributed by atoms with E-state index >= 15 is 0 Å².